The third kappa shape index (κ3) is 3.08. The summed E-state index contributed by atoms with van der Waals surface area (Å²) in [5, 5.41) is 11.3. The van der Waals surface area contributed by atoms with E-state index in [-0.39, 0.29) is 10.8 Å². The molecule has 5 nitrogen and oxygen atoms in total. The first-order valence-corrected chi connectivity index (χ1v) is 7.05. The van der Waals surface area contributed by atoms with E-state index in [0.717, 1.165) is 12.2 Å². The van der Waals surface area contributed by atoms with Crippen LogP contribution in [0.25, 0.3) is 0 Å². The molecule has 3 rings (SSSR count). The molecule has 0 amide bonds. The van der Waals surface area contributed by atoms with E-state index in [9.17, 15) is 10.1 Å². The monoisotopic (exact) mass is 283 g/mol. The second-order valence-electron chi connectivity index (χ2n) is 5.39. The zero-order valence-corrected chi connectivity index (χ0v) is 11.6. The largest absolute Gasteiger partial charge is 0.292 e. The molecule has 1 aromatic carbocycles. The molecule has 0 bridgehead atoms. The molecular formula is C16H17N3O2. The summed E-state index contributed by atoms with van der Waals surface area (Å²) in [6, 6.07) is 15.1. The molecule has 0 N–H and O–H groups in total. The maximum absolute atomic E-state index is 11.3. The standard InChI is InChI=1S/C16H17N3O2/c20-19(21)16-12-18(10-13-6-2-1-3-7-13)11-14(16)15-8-4-5-9-17-15/h1-9,14,16H,10-12H2/t14-,16+/m0/s1. The van der Waals surface area contributed by atoms with Crippen LogP contribution in [-0.2, 0) is 6.54 Å². The van der Waals surface area contributed by atoms with Gasteiger partial charge in [0, 0.05) is 24.2 Å². The van der Waals surface area contributed by atoms with E-state index in [4.69, 9.17) is 0 Å². The van der Waals surface area contributed by atoms with E-state index in [1.165, 1.54) is 5.56 Å². The van der Waals surface area contributed by atoms with Gasteiger partial charge in [-0.05, 0) is 17.7 Å². The molecule has 2 atom stereocenters. The highest BCUT2D eigenvalue weighted by Crippen LogP contribution is 2.29. The van der Waals surface area contributed by atoms with Crippen molar-refractivity contribution in [1.82, 2.24) is 9.88 Å². The lowest BCUT2D eigenvalue weighted by Gasteiger charge is -2.14. The van der Waals surface area contributed by atoms with E-state index in [2.05, 4.69) is 22.0 Å². The Morgan fingerprint density at radius 2 is 1.90 bits per heavy atom. The van der Waals surface area contributed by atoms with E-state index in [1.54, 1.807) is 6.20 Å². The first kappa shape index (κ1) is 13.7. The fourth-order valence-electron chi connectivity index (χ4n) is 2.94. The Labute approximate surface area is 123 Å². The zero-order chi connectivity index (χ0) is 14.7. The Kier molecular flexibility index (Phi) is 3.92. The summed E-state index contributed by atoms with van der Waals surface area (Å²) in [6.07, 6.45) is 1.70. The quantitative estimate of drug-likeness (QED) is 0.638. The highest BCUT2D eigenvalue weighted by atomic mass is 16.6. The first-order valence-electron chi connectivity index (χ1n) is 7.05. The summed E-state index contributed by atoms with van der Waals surface area (Å²) in [6.45, 7) is 1.90. The minimum atomic E-state index is -0.580. The predicted octanol–water partition coefficient (Wildman–Crippen LogP) is 2.33. The minimum absolute atomic E-state index is 0.134. The van der Waals surface area contributed by atoms with Gasteiger partial charge in [0.05, 0.1) is 18.2 Å². The molecule has 0 unspecified atom stereocenters. The molecule has 1 aliphatic rings. The summed E-state index contributed by atoms with van der Waals surface area (Å²) in [4.78, 5) is 17.6. The van der Waals surface area contributed by atoms with E-state index in [1.807, 2.05) is 36.4 Å². The normalized spacial score (nSPS) is 22.3. The Bertz CT molecular complexity index is 603. The van der Waals surface area contributed by atoms with Gasteiger partial charge in [-0.3, -0.25) is 20.0 Å². The number of aromatic nitrogens is 1. The Hall–Kier alpha value is -2.27. The van der Waals surface area contributed by atoms with Crippen molar-refractivity contribution in [2.75, 3.05) is 13.1 Å². The SMILES string of the molecule is O=[N+]([O-])[C@@H]1CN(Cc2ccccc2)C[C@H]1c1ccccn1. The number of hydrogen-bond acceptors (Lipinski definition) is 4. The van der Waals surface area contributed by atoms with Gasteiger partial charge in [-0.2, -0.15) is 0 Å². The van der Waals surface area contributed by atoms with Crippen LogP contribution >= 0.6 is 0 Å². The lowest BCUT2D eigenvalue weighted by Crippen LogP contribution is -2.28. The minimum Gasteiger partial charge on any atom is -0.292 e. The number of hydrogen-bond donors (Lipinski definition) is 0. The molecule has 108 valence electrons. The highest BCUT2D eigenvalue weighted by molar-refractivity contribution is 5.17. The van der Waals surface area contributed by atoms with E-state index in [0.29, 0.717) is 13.1 Å². The molecule has 1 aromatic heterocycles. The molecular weight excluding hydrogens is 266 g/mol. The number of nitrogens with zero attached hydrogens (tertiary/aromatic N) is 3. The lowest BCUT2D eigenvalue weighted by molar-refractivity contribution is -0.521. The lowest BCUT2D eigenvalue weighted by atomic mass is 10.00. The second kappa shape index (κ2) is 6.01. The molecule has 1 saturated heterocycles. The van der Waals surface area contributed by atoms with Crippen molar-refractivity contribution >= 4 is 0 Å². The van der Waals surface area contributed by atoms with Crippen molar-refractivity contribution in [3.8, 4) is 0 Å². The average Bonchev–Trinajstić information content (AvgIpc) is 2.93. The smallest absolute Gasteiger partial charge is 0.235 e. The second-order valence-corrected chi connectivity index (χ2v) is 5.39. The molecule has 0 aliphatic carbocycles. The number of benzene rings is 1. The first-order chi connectivity index (χ1) is 10.2. The van der Waals surface area contributed by atoms with Gasteiger partial charge in [-0.15, -0.1) is 0 Å². The van der Waals surface area contributed by atoms with E-state index < -0.39 is 6.04 Å². The van der Waals surface area contributed by atoms with Crippen molar-refractivity contribution in [2.24, 2.45) is 0 Å². The molecule has 2 aromatic rings. The van der Waals surface area contributed by atoms with Gasteiger partial charge in [0.1, 0.15) is 0 Å². The van der Waals surface area contributed by atoms with Crippen LogP contribution in [0.1, 0.15) is 17.2 Å². The highest BCUT2D eigenvalue weighted by Gasteiger charge is 2.42. The zero-order valence-electron chi connectivity index (χ0n) is 11.6. The van der Waals surface area contributed by atoms with Crippen LogP contribution in [0.5, 0.6) is 0 Å². The Balaban J connectivity index is 1.77. The summed E-state index contributed by atoms with van der Waals surface area (Å²) >= 11 is 0. The maximum atomic E-state index is 11.3. The number of likely N-dealkylation sites (tertiary alicyclic amines) is 1. The number of pyridine rings is 1. The van der Waals surface area contributed by atoms with Crippen molar-refractivity contribution in [3.05, 3.63) is 76.1 Å². The van der Waals surface area contributed by atoms with E-state index >= 15 is 0 Å². The molecule has 0 saturated carbocycles. The van der Waals surface area contributed by atoms with Crippen molar-refractivity contribution < 1.29 is 4.92 Å². The van der Waals surface area contributed by atoms with Gasteiger partial charge in [0.25, 0.3) is 0 Å². The fraction of sp³-hybridized carbons (Fsp3) is 0.312. The van der Waals surface area contributed by atoms with Crippen LogP contribution in [0.15, 0.2) is 54.7 Å². The van der Waals surface area contributed by atoms with Crippen LogP contribution < -0.4 is 0 Å². The van der Waals surface area contributed by atoms with Gasteiger partial charge < -0.3 is 0 Å². The van der Waals surface area contributed by atoms with Crippen molar-refractivity contribution in [2.45, 2.75) is 18.5 Å². The molecule has 5 heteroatoms. The maximum Gasteiger partial charge on any atom is 0.235 e. The predicted molar refractivity (Wildman–Crippen MR) is 79.5 cm³/mol. The Morgan fingerprint density at radius 1 is 1.14 bits per heavy atom. The van der Waals surface area contributed by atoms with Crippen molar-refractivity contribution in [3.63, 3.8) is 0 Å². The molecule has 0 spiro atoms. The summed E-state index contributed by atoms with van der Waals surface area (Å²) in [7, 11) is 0. The summed E-state index contributed by atoms with van der Waals surface area (Å²) in [5.74, 6) is -0.134. The molecule has 21 heavy (non-hydrogen) atoms. The van der Waals surface area contributed by atoms with Crippen LogP contribution in [0.4, 0.5) is 0 Å². The van der Waals surface area contributed by atoms with Crippen LogP contribution in [0.2, 0.25) is 0 Å². The van der Waals surface area contributed by atoms with Gasteiger partial charge in [0.2, 0.25) is 6.04 Å². The van der Waals surface area contributed by atoms with Gasteiger partial charge >= 0.3 is 0 Å². The third-order valence-electron chi connectivity index (χ3n) is 3.95. The third-order valence-corrected chi connectivity index (χ3v) is 3.95. The topological polar surface area (TPSA) is 59.3 Å². The molecule has 0 radical (unpaired) electrons. The van der Waals surface area contributed by atoms with Crippen LogP contribution in [0.3, 0.4) is 0 Å². The summed E-state index contributed by atoms with van der Waals surface area (Å²) < 4.78 is 0. The molecule has 1 fully saturated rings. The average molecular weight is 283 g/mol. The van der Waals surface area contributed by atoms with Gasteiger partial charge in [-0.25, -0.2) is 0 Å². The number of rotatable bonds is 4. The molecule has 1 aliphatic heterocycles. The fourth-order valence-corrected chi connectivity index (χ4v) is 2.94. The molecule has 2 heterocycles. The number of nitro groups is 1. The van der Waals surface area contributed by atoms with Gasteiger partial charge in [0.15, 0.2) is 0 Å². The van der Waals surface area contributed by atoms with Crippen LogP contribution in [-0.4, -0.2) is 33.9 Å². The summed E-state index contributed by atoms with van der Waals surface area (Å²) in [5.41, 5.74) is 2.00. The van der Waals surface area contributed by atoms with Crippen LogP contribution in [0, 0.1) is 10.1 Å². The van der Waals surface area contributed by atoms with Gasteiger partial charge in [-0.1, -0.05) is 36.4 Å². The van der Waals surface area contributed by atoms with Crippen molar-refractivity contribution in [1.29, 1.82) is 0 Å². The Morgan fingerprint density at radius 3 is 2.57 bits per heavy atom.